The van der Waals surface area contributed by atoms with Crippen LogP contribution in [0.15, 0.2) is 36.5 Å². The molecule has 1 aromatic heterocycles. The van der Waals surface area contributed by atoms with Crippen molar-refractivity contribution in [1.82, 2.24) is 4.98 Å². The fraction of sp³-hybridized carbons (Fsp3) is 0.143. The van der Waals surface area contributed by atoms with Crippen molar-refractivity contribution in [3.63, 3.8) is 0 Å². The van der Waals surface area contributed by atoms with E-state index in [-0.39, 0.29) is 23.6 Å². The number of nitriles is 1. The molecule has 2 aromatic rings. The first-order valence-electron chi connectivity index (χ1n) is 5.83. The second kappa shape index (κ2) is 5.80. The van der Waals surface area contributed by atoms with Crippen LogP contribution in [-0.2, 0) is 6.61 Å². The lowest BCUT2D eigenvalue weighted by atomic mass is 10.2. The highest BCUT2D eigenvalue weighted by Gasteiger charge is 2.16. The van der Waals surface area contributed by atoms with Crippen molar-refractivity contribution < 1.29 is 9.66 Å². The highest BCUT2D eigenvalue weighted by Crippen LogP contribution is 2.28. The Labute approximate surface area is 115 Å². The van der Waals surface area contributed by atoms with Crippen LogP contribution in [-0.4, -0.2) is 9.91 Å². The van der Waals surface area contributed by atoms with E-state index in [2.05, 4.69) is 4.98 Å². The van der Waals surface area contributed by atoms with Gasteiger partial charge in [0.15, 0.2) is 5.75 Å². The Kier molecular flexibility index (Phi) is 3.91. The molecule has 0 atom stereocenters. The second-order valence-electron chi connectivity index (χ2n) is 4.11. The first kappa shape index (κ1) is 13.5. The zero-order valence-corrected chi connectivity index (χ0v) is 10.7. The molecule has 20 heavy (non-hydrogen) atoms. The van der Waals surface area contributed by atoms with Crippen LogP contribution in [0, 0.1) is 28.4 Å². The molecule has 0 aliphatic heterocycles. The number of nitro benzene ring substituents is 1. The molecule has 0 amide bonds. The molecule has 1 aromatic carbocycles. The number of benzene rings is 1. The zero-order chi connectivity index (χ0) is 14.5. The minimum Gasteiger partial charge on any atom is -0.480 e. The largest absolute Gasteiger partial charge is 0.480 e. The van der Waals surface area contributed by atoms with Gasteiger partial charge in [0.2, 0.25) is 0 Å². The molecule has 2 rings (SSSR count). The van der Waals surface area contributed by atoms with E-state index in [1.54, 1.807) is 6.20 Å². The number of ether oxygens (including phenoxy) is 1. The normalized spacial score (nSPS) is 9.80. The fourth-order valence-electron chi connectivity index (χ4n) is 1.67. The molecule has 0 saturated heterocycles. The molecule has 0 saturated carbocycles. The molecule has 0 bridgehead atoms. The van der Waals surface area contributed by atoms with Gasteiger partial charge in [-0.2, -0.15) is 5.26 Å². The average molecular weight is 269 g/mol. The lowest BCUT2D eigenvalue weighted by Crippen LogP contribution is -2.02. The number of aromatic nitrogens is 1. The smallest absolute Gasteiger partial charge is 0.312 e. The molecule has 0 radical (unpaired) electrons. The summed E-state index contributed by atoms with van der Waals surface area (Å²) >= 11 is 0. The van der Waals surface area contributed by atoms with Crippen LogP contribution in [0.5, 0.6) is 5.75 Å². The van der Waals surface area contributed by atoms with Gasteiger partial charge in [-0.25, -0.2) is 0 Å². The third-order valence-corrected chi connectivity index (χ3v) is 2.77. The Balaban J connectivity index is 2.24. The van der Waals surface area contributed by atoms with E-state index >= 15 is 0 Å². The van der Waals surface area contributed by atoms with Crippen molar-refractivity contribution >= 4 is 5.69 Å². The highest BCUT2D eigenvalue weighted by atomic mass is 16.6. The van der Waals surface area contributed by atoms with Crippen molar-refractivity contribution in [2.75, 3.05) is 0 Å². The van der Waals surface area contributed by atoms with Crippen molar-refractivity contribution in [1.29, 1.82) is 5.26 Å². The molecule has 100 valence electrons. The van der Waals surface area contributed by atoms with E-state index in [4.69, 9.17) is 10.00 Å². The Hall–Kier alpha value is -2.94. The van der Waals surface area contributed by atoms with E-state index in [1.165, 1.54) is 18.2 Å². The van der Waals surface area contributed by atoms with Gasteiger partial charge in [-0.15, -0.1) is 0 Å². The number of hydrogen-bond acceptors (Lipinski definition) is 5. The van der Waals surface area contributed by atoms with Gasteiger partial charge in [0, 0.05) is 12.3 Å². The topological polar surface area (TPSA) is 89.0 Å². The highest BCUT2D eigenvalue weighted by molar-refractivity contribution is 5.51. The maximum atomic E-state index is 11.0. The van der Waals surface area contributed by atoms with Gasteiger partial charge in [-0.3, -0.25) is 15.1 Å². The SMILES string of the molecule is Cc1cccnc1COc1ccc(C#N)cc1[N+](=O)[O-]. The number of nitro groups is 1. The quantitative estimate of drug-likeness (QED) is 0.628. The van der Waals surface area contributed by atoms with Gasteiger partial charge in [0.05, 0.1) is 22.2 Å². The Morgan fingerprint density at radius 3 is 2.90 bits per heavy atom. The molecule has 0 N–H and O–H groups in total. The van der Waals surface area contributed by atoms with Crippen LogP contribution in [0.3, 0.4) is 0 Å². The van der Waals surface area contributed by atoms with Gasteiger partial charge in [0.25, 0.3) is 0 Å². The maximum absolute atomic E-state index is 11.0. The van der Waals surface area contributed by atoms with Crippen molar-refractivity contribution in [3.8, 4) is 11.8 Å². The first-order valence-corrected chi connectivity index (χ1v) is 5.83. The minimum absolute atomic E-state index is 0.124. The third-order valence-electron chi connectivity index (χ3n) is 2.77. The van der Waals surface area contributed by atoms with Gasteiger partial charge >= 0.3 is 5.69 Å². The van der Waals surface area contributed by atoms with E-state index in [9.17, 15) is 10.1 Å². The Bertz CT molecular complexity index is 692. The molecule has 0 aliphatic rings. The molecular formula is C14H11N3O3. The summed E-state index contributed by atoms with van der Waals surface area (Å²) in [6.45, 7) is 2.03. The molecule has 0 fully saturated rings. The van der Waals surface area contributed by atoms with Crippen LogP contribution >= 0.6 is 0 Å². The zero-order valence-electron chi connectivity index (χ0n) is 10.7. The van der Waals surface area contributed by atoms with Crippen LogP contribution in [0.25, 0.3) is 0 Å². The summed E-state index contributed by atoms with van der Waals surface area (Å²) in [6, 6.07) is 9.66. The van der Waals surface area contributed by atoms with Crippen LogP contribution < -0.4 is 4.74 Å². The molecule has 6 nitrogen and oxygen atoms in total. The monoisotopic (exact) mass is 269 g/mol. The average Bonchev–Trinajstić information content (AvgIpc) is 2.46. The van der Waals surface area contributed by atoms with Gasteiger partial charge in [-0.1, -0.05) is 6.07 Å². The van der Waals surface area contributed by atoms with E-state index in [0.717, 1.165) is 5.56 Å². The van der Waals surface area contributed by atoms with Crippen molar-refractivity contribution in [2.24, 2.45) is 0 Å². The number of nitrogens with zero attached hydrogens (tertiary/aromatic N) is 3. The predicted molar refractivity (Wildman–Crippen MR) is 71.1 cm³/mol. The molecule has 0 aliphatic carbocycles. The van der Waals surface area contributed by atoms with E-state index in [0.29, 0.717) is 5.69 Å². The number of aryl methyl sites for hydroxylation is 1. The van der Waals surface area contributed by atoms with Gasteiger partial charge < -0.3 is 4.74 Å². The van der Waals surface area contributed by atoms with Gasteiger partial charge in [-0.05, 0) is 30.7 Å². The van der Waals surface area contributed by atoms with E-state index in [1.807, 2.05) is 25.1 Å². The molecule has 0 unspecified atom stereocenters. The van der Waals surface area contributed by atoms with E-state index < -0.39 is 4.92 Å². The summed E-state index contributed by atoms with van der Waals surface area (Å²) in [5.41, 5.74) is 1.66. The summed E-state index contributed by atoms with van der Waals surface area (Å²) in [6.07, 6.45) is 1.64. The summed E-state index contributed by atoms with van der Waals surface area (Å²) in [7, 11) is 0. The Morgan fingerprint density at radius 2 is 2.25 bits per heavy atom. The second-order valence-corrected chi connectivity index (χ2v) is 4.11. The summed E-state index contributed by atoms with van der Waals surface area (Å²) in [4.78, 5) is 14.6. The predicted octanol–water partition coefficient (Wildman–Crippen LogP) is 2.75. The summed E-state index contributed by atoms with van der Waals surface area (Å²) in [5.74, 6) is 0.124. The van der Waals surface area contributed by atoms with Crippen LogP contribution in [0.1, 0.15) is 16.8 Å². The van der Waals surface area contributed by atoms with Crippen molar-refractivity contribution in [2.45, 2.75) is 13.5 Å². The first-order chi connectivity index (χ1) is 9.61. The number of rotatable bonds is 4. The molecule has 6 heteroatoms. The minimum atomic E-state index is -0.568. The lowest BCUT2D eigenvalue weighted by Gasteiger charge is -2.08. The maximum Gasteiger partial charge on any atom is 0.312 e. The van der Waals surface area contributed by atoms with Crippen LogP contribution in [0.2, 0.25) is 0 Å². The van der Waals surface area contributed by atoms with Gasteiger partial charge in [0.1, 0.15) is 6.61 Å². The molecule has 1 heterocycles. The molecular weight excluding hydrogens is 258 g/mol. The number of pyridine rings is 1. The van der Waals surface area contributed by atoms with Crippen molar-refractivity contribution in [3.05, 3.63) is 63.5 Å². The molecule has 0 spiro atoms. The fourth-order valence-corrected chi connectivity index (χ4v) is 1.67. The summed E-state index contributed by atoms with van der Waals surface area (Å²) < 4.78 is 5.45. The van der Waals surface area contributed by atoms with Crippen LogP contribution in [0.4, 0.5) is 5.69 Å². The number of hydrogen-bond donors (Lipinski definition) is 0. The Morgan fingerprint density at radius 1 is 1.45 bits per heavy atom. The summed E-state index contributed by atoms with van der Waals surface area (Å²) in [5, 5.41) is 19.7. The third kappa shape index (κ3) is 2.90. The lowest BCUT2D eigenvalue weighted by molar-refractivity contribution is -0.386. The standard InChI is InChI=1S/C14H11N3O3/c1-10-3-2-6-16-12(10)9-20-14-5-4-11(8-15)7-13(14)17(18)19/h2-7H,9H2,1H3.